The Morgan fingerprint density at radius 2 is 2.27 bits per heavy atom. The molecule has 0 fully saturated rings. The predicted molar refractivity (Wildman–Crippen MR) is 53.7 cm³/mol. The number of carbonyl (C=O) groups excluding carboxylic acids is 1. The summed E-state index contributed by atoms with van der Waals surface area (Å²) in [4.78, 5) is 25.5. The first kappa shape index (κ1) is 10.9. The summed E-state index contributed by atoms with van der Waals surface area (Å²) < 4.78 is 0. The minimum Gasteiger partial charge on any atom is -0.478 e. The van der Waals surface area contributed by atoms with Crippen molar-refractivity contribution in [2.24, 2.45) is 0 Å². The van der Waals surface area contributed by atoms with Crippen LogP contribution in [0.2, 0.25) is 0 Å². The number of hydrogen-bond donors (Lipinski definition) is 2. The van der Waals surface area contributed by atoms with E-state index in [1.165, 1.54) is 12.1 Å². The minimum absolute atomic E-state index is 0.0512. The van der Waals surface area contributed by atoms with E-state index >= 15 is 0 Å². The second kappa shape index (κ2) is 4.90. The lowest BCUT2D eigenvalue weighted by atomic mass is 10.2. The molecule has 0 saturated carbocycles. The molecule has 15 heavy (non-hydrogen) atoms. The van der Waals surface area contributed by atoms with E-state index in [1.54, 1.807) is 6.08 Å². The van der Waals surface area contributed by atoms with E-state index < -0.39 is 5.97 Å². The normalized spacial score (nSPS) is 9.33. The fourth-order valence-electron chi connectivity index (χ4n) is 0.910. The van der Waals surface area contributed by atoms with Gasteiger partial charge in [-0.2, -0.15) is 0 Å². The molecule has 1 heterocycles. The SMILES string of the molecule is C=CCNC(=O)c1ccc(C(=O)O)cn1. The van der Waals surface area contributed by atoms with Gasteiger partial charge in [0.1, 0.15) is 5.69 Å². The second-order valence-corrected chi connectivity index (χ2v) is 2.74. The summed E-state index contributed by atoms with van der Waals surface area (Å²) in [6.07, 6.45) is 2.69. The Hall–Kier alpha value is -2.17. The van der Waals surface area contributed by atoms with Gasteiger partial charge in [-0.25, -0.2) is 4.79 Å². The lowest BCUT2D eigenvalue weighted by molar-refractivity contribution is 0.0695. The summed E-state index contributed by atoms with van der Waals surface area (Å²) in [5, 5.41) is 11.1. The molecule has 0 aliphatic heterocycles. The second-order valence-electron chi connectivity index (χ2n) is 2.74. The maximum absolute atomic E-state index is 11.3. The van der Waals surface area contributed by atoms with Crippen LogP contribution in [0.1, 0.15) is 20.8 Å². The van der Waals surface area contributed by atoms with Crippen molar-refractivity contribution in [3.63, 3.8) is 0 Å². The molecule has 0 bridgehead atoms. The molecule has 1 aromatic rings. The van der Waals surface area contributed by atoms with Crippen LogP contribution in [-0.4, -0.2) is 28.5 Å². The van der Waals surface area contributed by atoms with Gasteiger partial charge >= 0.3 is 5.97 Å². The number of rotatable bonds is 4. The van der Waals surface area contributed by atoms with E-state index in [0.717, 1.165) is 6.20 Å². The third-order valence-electron chi connectivity index (χ3n) is 1.65. The molecule has 1 rings (SSSR count). The number of carboxylic acids is 1. The monoisotopic (exact) mass is 206 g/mol. The predicted octanol–water partition coefficient (Wildman–Crippen LogP) is 0.696. The molecule has 0 saturated heterocycles. The molecule has 0 aromatic carbocycles. The van der Waals surface area contributed by atoms with Gasteiger partial charge in [-0.15, -0.1) is 6.58 Å². The Morgan fingerprint density at radius 1 is 1.53 bits per heavy atom. The van der Waals surface area contributed by atoms with Gasteiger partial charge in [-0.1, -0.05) is 6.08 Å². The molecule has 0 atom stereocenters. The number of pyridine rings is 1. The number of aromatic carboxylic acids is 1. The van der Waals surface area contributed by atoms with Crippen LogP contribution in [0.15, 0.2) is 31.0 Å². The van der Waals surface area contributed by atoms with Gasteiger partial charge in [0.05, 0.1) is 5.56 Å². The Bertz CT molecular complexity index is 384. The van der Waals surface area contributed by atoms with Gasteiger partial charge in [0, 0.05) is 12.7 Å². The first-order chi connectivity index (χ1) is 7.15. The van der Waals surface area contributed by atoms with Crippen molar-refractivity contribution in [1.29, 1.82) is 0 Å². The number of nitrogens with one attached hydrogen (secondary N) is 1. The average molecular weight is 206 g/mol. The van der Waals surface area contributed by atoms with Gasteiger partial charge in [0.15, 0.2) is 0 Å². The largest absolute Gasteiger partial charge is 0.478 e. The first-order valence-corrected chi connectivity index (χ1v) is 4.23. The van der Waals surface area contributed by atoms with Gasteiger partial charge in [-0.05, 0) is 12.1 Å². The summed E-state index contributed by atoms with van der Waals surface area (Å²) >= 11 is 0. The van der Waals surface area contributed by atoms with E-state index in [1.807, 2.05) is 0 Å². The lowest BCUT2D eigenvalue weighted by Gasteiger charge is -2.01. The molecule has 5 heteroatoms. The van der Waals surface area contributed by atoms with Crippen molar-refractivity contribution >= 4 is 11.9 Å². The minimum atomic E-state index is -1.07. The fraction of sp³-hybridized carbons (Fsp3) is 0.100. The van der Waals surface area contributed by atoms with E-state index in [4.69, 9.17) is 5.11 Å². The van der Waals surface area contributed by atoms with Crippen molar-refractivity contribution in [3.05, 3.63) is 42.2 Å². The lowest BCUT2D eigenvalue weighted by Crippen LogP contribution is -2.24. The Kier molecular flexibility index (Phi) is 3.56. The quantitative estimate of drug-likeness (QED) is 0.710. The number of amides is 1. The summed E-state index contributed by atoms with van der Waals surface area (Å²) in [6.45, 7) is 3.80. The van der Waals surface area contributed by atoms with Crippen LogP contribution in [0.25, 0.3) is 0 Å². The highest BCUT2D eigenvalue weighted by atomic mass is 16.4. The van der Waals surface area contributed by atoms with Gasteiger partial charge < -0.3 is 10.4 Å². The molecule has 78 valence electrons. The topological polar surface area (TPSA) is 79.3 Å². The van der Waals surface area contributed by atoms with E-state index in [0.29, 0.717) is 6.54 Å². The van der Waals surface area contributed by atoms with Crippen molar-refractivity contribution < 1.29 is 14.7 Å². The maximum atomic E-state index is 11.3. The van der Waals surface area contributed by atoms with Crippen LogP contribution in [0, 0.1) is 0 Å². The first-order valence-electron chi connectivity index (χ1n) is 4.23. The zero-order valence-corrected chi connectivity index (χ0v) is 7.93. The molecule has 1 amide bonds. The molecule has 0 aliphatic rings. The summed E-state index contributed by atoms with van der Waals surface area (Å²) in [5.74, 6) is -1.42. The number of hydrogen-bond acceptors (Lipinski definition) is 3. The van der Waals surface area contributed by atoms with Crippen LogP contribution in [-0.2, 0) is 0 Å². The van der Waals surface area contributed by atoms with Crippen molar-refractivity contribution in [1.82, 2.24) is 10.3 Å². The molecule has 5 nitrogen and oxygen atoms in total. The highest BCUT2D eigenvalue weighted by Gasteiger charge is 2.07. The van der Waals surface area contributed by atoms with Crippen LogP contribution in [0.3, 0.4) is 0 Å². The molecule has 0 unspecified atom stereocenters. The molecular weight excluding hydrogens is 196 g/mol. The standard InChI is InChI=1S/C10H10N2O3/c1-2-5-11-9(13)8-4-3-7(6-12-8)10(14)15/h2-4,6H,1,5H2,(H,11,13)(H,14,15). The molecule has 1 aromatic heterocycles. The van der Waals surface area contributed by atoms with Gasteiger partial charge in [-0.3, -0.25) is 9.78 Å². The van der Waals surface area contributed by atoms with E-state index in [2.05, 4.69) is 16.9 Å². The highest BCUT2D eigenvalue weighted by Crippen LogP contribution is 2.00. The van der Waals surface area contributed by atoms with Crippen molar-refractivity contribution in [2.45, 2.75) is 0 Å². The summed E-state index contributed by atoms with van der Waals surface area (Å²) in [6, 6.07) is 2.69. The molecular formula is C10H10N2O3. The third-order valence-corrected chi connectivity index (χ3v) is 1.65. The third kappa shape index (κ3) is 2.91. The molecule has 0 radical (unpaired) electrons. The Labute approximate surface area is 86.5 Å². The van der Waals surface area contributed by atoms with E-state index in [9.17, 15) is 9.59 Å². The summed E-state index contributed by atoms with van der Waals surface area (Å²) in [5.41, 5.74) is 0.233. The van der Waals surface area contributed by atoms with Crippen LogP contribution in [0.5, 0.6) is 0 Å². The van der Waals surface area contributed by atoms with Crippen LogP contribution >= 0.6 is 0 Å². The van der Waals surface area contributed by atoms with Gasteiger partial charge in [0.2, 0.25) is 0 Å². The van der Waals surface area contributed by atoms with Crippen molar-refractivity contribution in [2.75, 3.05) is 6.54 Å². The average Bonchev–Trinajstić information content (AvgIpc) is 2.26. The number of aromatic nitrogens is 1. The van der Waals surface area contributed by atoms with E-state index in [-0.39, 0.29) is 17.2 Å². The maximum Gasteiger partial charge on any atom is 0.337 e. The molecule has 0 aliphatic carbocycles. The smallest absolute Gasteiger partial charge is 0.337 e. The Morgan fingerprint density at radius 3 is 2.73 bits per heavy atom. The van der Waals surface area contributed by atoms with Crippen LogP contribution in [0.4, 0.5) is 0 Å². The fourth-order valence-corrected chi connectivity index (χ4v) is 0.910. The zero-order chi connectivity index (χ0) is 11.3. The molecule has 2 N–H and O–H groups in total. The highest BCUT2D eigenvalue weighted by molar-refractivity contribution is 5.93. The number of nitrogens with zero attached hydrogens (tertiary/aromatic N) is 1. The summed E-state index contributed by atoms with van der Waals surface area (Å²) in [7, 11) is 0. The number of carboxylic acid groups (broad SMARTS) is 1. The Balaban J connectivity index is 2.75. The van der Waals surface area contributed by atoms with Crippen LogP contribution < -0.4 is 5.32 Å². The molecule has 0 spiro atoms. The number of carbonyl (C=O) groups is 2. The van der Waals surface area contributed by atoms with Gasteiger partial charge in [0.25, 0.3) is 5.91 Å². The zero-order valence-electron chi connectivity index (χ0n) is 7.93. The van der Waals surface area contributed by atoms with Crippen molar-refractivity contribution in [3.8, 4) is 0 Å².